The van der Waals surface area contributed by atoms with Gasteiger partial charge >= 0.3 is 5.97 Å². The zero-order chi connectivity index (χ0) is 15.1. The molecule has 0 aromatic heterocycles. The first-order valence-electron chi connectivity index (χ1n) is 6.53. The number of hydrogen-bond acceptors (Lipinski definition) is 3. The number of rotatable bonds is 6. The predicted octanol–water partition coefficient (Wildman–Crippen LogP) is 2.36. The first kappa shape index (κ1) is 14.6. The third-order valence-electron chi connectivity index (χ3n) is 2.79. The van der Waals surface area contributed by atoms with Crippen molar-refractivity contribution in [3.05, 3.63) is 60.2 Å². The molecule has 2 aromatic carbocycles. The van der Waals surface area contributed by atoms with Gasteiger partial charge in [0, 0.05) is 11.4 Å². The van der Waals surface area contributed by atoms with Crippen LogP contribution in [-0.2, 0) is 16.0 Å². The summed E-state index contributed by atoms with van der Waals surface area (Å²) in [7, 11) is 0. The van der Waals surface area contributed by atoms with E-state index in [9.17, 15) is 9.59 Å². The topological polar surface area (TPSA) is 78.4 Å². The molecule has 0 aliphatic rings. The van der Waals surface area contributed by atoms with Crippen LogP contribution in [-0.4, -0.2) is 23.5 Å². The van der Waals surface area contributed by atoms with Gasteiger partial charge in [-0.05, 0) is 29.8 Å². The lowest BCUT2D eigenvalue weighted by molar-refractivity contribution is -0.136. The zero-order valence-electron chi connectivity index (χ0n) is 11.4. The van der Waals surface area contributed by atoms with E-state index in [-0.39, 0.29) is 18.9 Å². The van der Waals surface area contributed by atoms with Crippen LogP contribution in [0, 0.1) is 0 Å². The van der Waals surface area contributed by atoms with Gasteiger partial charge in [-0.1, -0.05) is 30.3 Å². The van der Waals surface area contributed by atoms with Crippen LogP contribution < -0.4 is 10.6 Å². The van der Waals surface area contributed by atoms with Crippen molar-refractivity contribution in [1.82, 2.24) is 0 Å². The molecular formula is C16H16N2O3. The molecule has 2 aromatic rings. The summed E-state index contributed by atoms with van der Waals surface area (Å²) in [6.07, 6.45) is -0.0635. The van der Waals surface area contributed by atoms with Crippen molar-refractivity contribution in [2.45, 2.75) is 6.42 Å². The van der Waals surface area contributed by atoms with E-state index in [4.69, 9.17) is 5.11 Å². The van der Waals surface area contributed by atoms with Crippen molar-refractivity contribution in [2.24, 2.45) is 0 Å². The van der Waals surface area contributed by atoms with Gasteiger partial charge in [-0.2, -0.15) is 0 Å². The van der Waals surface area contributed by atoms with Crippen LogP contribution >= 0.6 is 0 Å². The van der Waals surface area contributed by atoms with Crippen molar-refractivity contribution >= 4 is 23.3 Å². The van der Waals surface area contributed by atoms with E-state index in [1.54, 1.807) is 24.3 Å². The van der Waals surface area contributed by atoms with E-state index < -0.39 is 5.97 Å². The van der Waals surface area contributed by atoms with Crippen LogP contribution in [0.15, 0.2) is 54.6 Å². The number of amides is 1. The van der Waals surface area contributed by atoms with Crippen molar-refractivity contribution < 1.29 is 14.7 Å². The highest BCUT2D eigenvalue weighted by Crippen LogP contribution is 2.11. The second-order valence-corrected chi connectivity index (χ2v) is 4.54. The molecule has 0 fully saturated rings. The fourth-order valence-electron chi connectivity index (χ4n) is 1.88. The highest BCUT2D eigenvalue weighted by molar-refractivity contribution is 5.93. The molecule has 0 saturated heterocycles. The molecule has 0 aliphatic heterocycles. The molecule has 0 unspecified atom stereocenters. The van der Waals surface area contributed by atoms with Gasteiger partial charge < -0.3 is 15.7 Å². The standard InChI is InChI=1S/C16H16N2O3/c19-15(11-17-13-6-2-1-3-7-13)18-14-8-4-5-12(9-14)10-16(20)21/h1-9,17H,10-11H2,(H,18,19)(H,20,21). The van der Waals surface area contributed by atoms with Gasteiger partial charge in [0.1, 0.15) is 0 Å². The summed E-state index contributed by atoms with van der Waals surface area (Å²) in [4.78, 5) is 22.5. The Morgan fingerprint density at radius 3 is 2.38 bits per heavy atom. The largest absolute Gasteiger partial charge is 0.481 e. The summed E-state index contributed by atoms with van der Waals surface area (Å²) in [6, 6.07) is 16.2. The van der Waals surface area contributed by atoms with Gasteiger partial charge in [-0.15, -0.1) is 0 Å². The van der Waals surface area contributed by atoms with E-state index in [0.29, 0.717) is 11.3 Å². The van der Waals surface area contributed by atoms with Gasteiger partial charge in [0.05, 0.1) is 13.0 Å². The predicted molar refractivity (Wildman–Crippen MR) is 81.3 cm³/mol. The first-order chi connectivity index (χ1) is 10.1. The molecule has 0 atom stereocenters. The molecule has 2 rings (SSSR count). The third-order valence-corrected chi connectivity index (χ3v) is 2.79. The van der Waals surface area contributed by atoms with Gasteiger partial charge in [-0.3, -0.25) is 9.59 Å². The second kappa shape index (κ2) is 7.09. The Morgan fingerprint density at radius 2 is 1.67 bits per heavy atom. The highest BCUT2D eigenvalue weighted by atomic mass is 16.4. The number of hydrogen-bond donors (Lipinski definition) is 3. The third kappa shape index (κ3) is 4.99. The van der Waals surface area contributed by atoms with Crippen LogP contribution in [0.4, 0.5) is 11.4 Å². The van der Waals surface area contributed by atoms with Crippen LogP contribution in [0.25, 0.3) is 0 Å². The van der Waals surface area contributed by atoms with Gasteiger partial charge in [0.25, 0.3) is 0 Å². The number of carboxylic acids is 1. The monoisotopic (exact) mass is 284 g/mol. The first-order valence-corrected chi connectivity index (χ1v) is 6.53. The average Bonchev–Trinajstić information content (AvgIpc) is 2.46. The van der Waals surface area contributed by atoms with Gasteiger partial charge in [0.2, 0.25) is 5.91 Å². The molecule has 0 heterocycles. The maximum Gasteiger partial charge on any atom is 0.307 e. The molecule has 21 heavy (non-hydrogen) atoms. The molecule has 5 heteroatoms. The maximum atomic E-state index is 11.8. The Labute approximate surface area is 122 Å². The molecule has 108 valence electrons. The Morgan fingerprint density at radius 1 is 0.952 bits per heavy atom. The number of nitrogens with one attached hydrogen (secondary N) is 2. The Bertz CT molecular complexity index is 626. The average molecular weight is 284 g/mol. The normalized spacial score (nSPS) is 9.90. The SMILES string of the molecule is O=C(O)Cc1cccc(NC(=O)CNc2ccccc2)c1. The molecule has 0 spiro atoms. The number of aliphatic carboxylic acids is 1. The van der Waals surface area contributed by atoms with Crippen molar-refractivity contribution in [3.8, 4) is 0 Å². The van der Waals surface area contributed by atoms with Crippen LogP contribution in [0.1, 0.15) is 5.56 Å². The van der Waals surface area contributed by atoms with Gasteiger partial charge in [0.15, 0.2) is 0 Å². The second-order valence-electron chi connectivity index (χ2n) is 4.54. The minimum Gasteiger partial charge on any atom is -0.481 e. The summed E-state index contributed by atoms with van der Waals surface area (Å²) >= 11 is 0. The molecule has 3 N–H and O–H groups in total. The molecule has 0 aliphatic carbocycles. The van der Waals surface area contributed by atoms with Crippen LogP contribution in [0.3, 0.4) is 0 Å². The minimum atomic E-state index is -0.899. The Balaban J connectivity index is 1.89. The summed E-state index contributed by atoms with van der Waals surface area (Å²) in [5.74, 6) is -1.09. The summed E-state index contributed by atoms with van der Waals surface area (Å²) in [6.45, 7) is 0.146. The van der Waals surface area contributed by atoms with E-state index in [0.717, 1.165) is 5.69 Å². The Hall–Kier alpha value is -2.82. The minimum absolute atomic E-state index is 0.0635. The van der Waals surface area contributed by atoms with E-state index in [1.807, 2.05) is 30.3 Å². The molecule has 5 nitrogen and oxygen atoms in total. The summed E-state index contributed by atoms with van der Waals surface area (Å²) < 4.78 is 0. The van der Waals surface area contributed by atoms with Gasteiger partial charge in [-0.25, -0.2) is 0 Å². The van der Waals surface area contributed by atoms with Crippen molar-refractivity contribution in [3.63, 3.8) is 0 Å². The lowest BCUT2D eigenvalue weighted by Crippen LogP contribution is -2.21. The highest BCUT2D eigenvalue weighted by Gasteiger charge is 2.05. The number of carboxylic acid groups (broad SMARTS) is 1. The molecule has 0 radical (unpaired) electrons. The number of carbonyl (C=O) groups excluding carboxylic acids is 1. The van der Waals surface area contributed by atoms with Crippen molar-refractivity contribution in [1.29, 1.82) is 0 Å². The number of benzene rings is 2. The molecular weight excluding hydrogens is 268 g/mol. The number of para-hydroxylation sites is 1. The summed E-state index contributed by atoms with van der Waals surface area (Å²) in [5, 5.41) is 14.5. The smallest absolute Gasteiger partial charge is 0.307 e. The van der Waals surface area contributed by atoms with E-state index >= 15 is 0 Å². The number of carbonyl (C=O) groups is 2. The quantitative estimate of drug-likeness (QED) is 0.761. The van der Waals surface area contributed by atoms with E-state index in [2.05, 4.69) is 10.6 Å². The zero-order valence-corrected chi connectivity index (χ0v) is 11.4. The lowest BCUT2D eigenvalue weighted by atomic mass is 10.1. The fourth-order valence-corrected chi connectivity index (χ4v) is 1.88. The van der Waals surface area contributed by atoms with E-state index in [1.165, 1.54) is 0 Å². The lowest BCUT2D eigenvalue weighted by Gasteiger charge is -2.08. The van der Waals surface area contributed by atoms with Crippen molar-refractivity contribution in [2.75, 3.05) is 17.2 Å². The molecule has 0 bridgehead atoms. The number of anilines is 2. The fraction of sp³-hybridized carbons (Fsp3) is 0.125. The van der Waals surface area contributed by atoms with Crippen LogP contribution in [0.5, 0.6) is 0 Å². The summed E-state index contributed by atoms with van der Waals surface area (Å²) in [5.41, 5.74) is 2.11. The maximum absolute atomic E-state index is 11.8. The molecule has 0 saturated carbocycles. The molecule has 1 amide bonds. The Kier molecular flexibility index (Phi) is 4.93. The van der Waals surface area contributed by atoms with Crippen LogP contribution in [0.2, 0.25) is 0 Å².